The Bertz CT molecular complexity index is 818. The first kappa shape index (κ1) is 21.4. The number of nitrogens with one attached hydrogen (secondary N) is 2. The molecule has 0 spiro atoms. The largest absolute Gasteiger partial charge is 0.493 e. The van der Waals surface area contributed by atoms with E-state index in [1.165, 1.54) is 13.2 Å². The van der Waals surface area contributed by atoms with Crippen LogP contribution in [0.25, 0.3) is 0 Å². The van der Waals surface area contributed by atoms with Gasteiger partial charge in [-0.15, -0.1) is 0 Å². The summed E-state index contributed by atoms with van der Waals surface area (Å²) in [7, 11) is 2.99. The normalized spacial score (nSPS) is 12.0. The molecule has 2 rings (SSSR count). The highest BCUT2D eigenvalue weighted by atomic mass is 19.4. The molecule has 0 unspecified atom stereocenters. The number of nitrogens with zero attached hydrogens (tertiary/aromatic N) is 3. The maximum atomic E-state index is 13.1. The number of aliphatic imine (C=N–C) groups is 1. The predicted octanol–water partition coefficient (Wildman–Crippen LogP) is 3.42. The van der Waals surface area contributed by atoms with Gasteiger partial charge in [-0.1, -0.05) is 0 Å². The van der Waals surface area contributed by atoms with E-state index in [1.54, 1.807) is 25.3 Å². The van der Waals surface area contributed by atoms with Crippen molar-refractivity contribution in [3.05, 3.63) is 35.7 Å². The molecule has 154 valence electrons. The summed E-state index contributed by atoms with van der Waals surface area (Å²) in [5.41, 5.74) is -0.277. The van der Waals surface area contributed by atoms with E-state index in [9.17, 15) is 13.2 Å². The number of methoxy groups -OCH3 is 1. The number of guanidine groups is 1. The van der Waals surface area contributed by atoms with E-state index in [0.29, 0.717) is 36.3 Å². The summed E-state index contributed by atoms with van der Waals surface area (Å²) < 4.78 is 51.2. The minimum absolute atomic E-state index is 0.00283. The van der Waals surface area contributed by atoms with E-state index in [2.05, 4.69) is 20.7 Å². The summed E-state index contributed by atoms with van der Waals surface area (Å²) in [6.45, 7) is 4.56. The summed E-state index contributed by atoms with van der Waals surface area (Å²) in [5, 5.41) is 9.56. The third kappa shape index (κ3) is 5.54. The Morgan fingerprint density at radius 1 is 1.25 bits per heavy atom. The minimum Gasteiger partial charge on any atom is -0.493 e. The first-order valence-electron chi connectivity index (χ1n) is 8.74. The molecule has 1 heterocycles. The Hall–Kier alpha value is -2.91. The number of rotatable bonds is 7. The Labute approximate surface area is 161 Å². The second-order valence-electron chi connectivity index (χ2n) is 5.79. The van der Waals surface area contributed by atoms with E-state index >= 15 is 0 Å². The van der Waals surface area contributed by atoms with E-state index in [-0.39, 0.29) is 12.1 Å². The Kier molecular flexibility index (Phi) is 7.13. The quantitative estimate of drug-likeness (QED) is 0.551. The second-order valence-corrected chi connectivity index (χ2v) is 5.79. The Morgan fingerprint density at radius 2 is 2.00 bits per heavy atom. The second kappa shape index (κ2) is 9.34. The fourth-order valence-electron chi connectivity index (χ4n) is 2.52. The van der Waals surface area contributed by atoms with E-state index < -0.39 is 11.9 Å². The first-order chi connectivity index (χ1) is 13.3. The molecule has 0 bridgehead atoms. The van der Waals surface area contributed by atoms with Gasteiger partial charge in [0.15, 0.2) is 23.2 Å². The molecule has 2 N–H and O–H groups in total. The molecule has 10 heteroatoms. The standard InChI is InChI=1S/C18H24F3N5O2/c1-5-22-17(23-10-12-11-26(3)25-16(12)18(19,20)21)24-13-7-8-14(27-4)15(9-13)28-6-2/h7-9,11H,5-6,10H2,1-4H3,(H2,22,23,24). The SMILES string of the molecule is CCNC(=NCc1cn(C)nc1C(F)(F)F)Nc1ccc(OC)c(OCC)c1. The van der Waals surface area contributed by atoms with Crippen LogP contribution >= 0.6 is 0 Å². The van der Waals surface area contributed by atoms with E-state index in [1.807, 2.05) is 13.8 Å². The van der Waals surface area contributed by atoms with Crippen molar-refractivity contribution in [2.75, 3.05) is 25.6 Å². The Balaban J connectivity index is 2.23. The average Bonchev–Trinajstić information content (AvgIpc) is 3.02. The average molecular weight is 399 g/mol. The van der Waals surface area contributed by atoms with Crippen molar-refractivity contribution in [2.45, 2.75) is 26.6 Å². The van der Waals surface area contributed by atoms with Crippen molar-refractivity contribution < 1.29 is 22.6 Å². The highest BCUT2D eigenvalue weighted by molar-refractivity contribution is 5.93. The number of hydrogen-bond donors (Lipinski definition) is 2. The molecule has 1 aromatic carbocycles. The summed E-state index contributed by atoms with van der Waals surface area (Å²) in [5.74, 6) is 1.48. The van der Waals surface area contributed by atoms with Gasteiger partial charge in [0.1, 0.15) is 0 Å². The molecule has 0 saturated carbocycles. The lowest BCUT2D eigenvalue weighted by Crippen LogP contribution is -2.30. The van der Waals surface area contributed by atoms with Gasteiger partial charge in [-0.2, -0.15) is 18.3 Å². The molecule has 0 fully saturated rings. The number of ether oxygens (including phenoxy) is 2. The molecule has 0 saturated heterocycles. The summed E-state index contributed by atoms with van der Waals surface area (Å²) >= 11 is 0. The molecule has 0 aliphatic heterocycles. The molecule has 2 aromatic rings. The lowest BCUT2D eigenvalue weighted by atomic mass is 10.2. The van der Waals surface area contributed by atoms with Crippen LogP contribution in [0.2, 0.25) is 0 Å². The fourth-order valence-corrected chi connectivity index (χ4v) is 2.52. The zero-order valence-electron chi connectivity index (χ0n) is 16.2. The van der Waals surface area contributed by atoms with Crippen LogP contribution in [-0.2, 0) is 19.8 Å². The van der Waals surface area contributed by atoms with Crippen LogP contribution in [0.1, 0.15) is 25.1 Å². The third-order valence-electron chi connectivity index (χ3n) is 3.65. The number of halogens is 3. The van der Waals surface area contributed by atoms with Crippen LogP contribution < -0.4 is 20.1 Å². The van der Waals surface area contributed by atoms with Crippen LogP contribution in [0.15, 0.2) is 29.4 Å². The van der Waals surface area contributed by atoms with Crippen molar-refractivity contribution in [3.63, 3.8) is 0 Å². The van der Waals surface area contributed by atoms with Crippen LogP contribution in [0.5, 0.6) is 11.5 Å². The monoisotopic (exact) mass is 399 g/mol. The number of hydrogen-bond acceptors (Lipinski definition) is 4. The summed E-state index contributed by atoms with van der Waals surface area (Å²) in [6.07, 6.45) is -3.21. The fraction of sp³-hybridized carbons (Fsp3) is 0.444. The highest BCUT2D eigenvalue weighted by Crippen LogP contribution is 2.31. The molecule has 0 aliphatic carbocycles. The number of anilines is 1. The molecule has 0 aliphatic rings. The molecule has 0 amide bonds. The maximum Gasteiger partial charge on any atom is 0.435 e. The van der Waals surface area contributed by atoms with Gasteiger partial charge in [0.05, 0.1) is 20.3 Å². The van der Waals surface area contributed by atoms with E-state index in [4.69, 9.17) is 9.47 Å². The molecule has 0 radical (unpaired) electrons. The predicted molar refractivity (Wildman–Crippen MR) is 101 cm³/mol. The maximum absolute atomic E-state index is 13.1. The first-order valence-corrected chi connectivity index (χ1v) is 8.74. The molecule has 28 heavy (non-hydrogen) atoms. The lowest BCUT2D eigenvalue weighted by molar-refractivity contribution is -0.142. The van der Waals surface area contributed by atoms with Crippen LogP contribution in [0, 0.1) is 0 Å². The van der Waals surface area contributed by atoms with Gasteiger partial charge in [0.25, 0.3) is 0 Å². The van der Waals surface area contributed by atoms with Crippen molar-refractivity contribution in [2.24, 2.45) is 12.0 Å². The van der Waals surface area contributed by atoms with Crippen LogP contribution in [0.3, 0.4) is 0 Å². The van der Waals surface area contributed by atoms with E-state index in [0.717, 1.165) is 4.68 Å². The van der Waals surface area contributed by atoms with Crippen molar-refractivity contribution >= 4 is 11.6 Å². The van der Waals surface area contributed by atoms with Gasteiger partial charge in [-0.05, 0) is 26.0 Å². The van der Waals surface area contributed by atoms with Gasteiger partial charge in [0, 0.05) is 37.1 Å². The zero-order chi connectivity index (χ0) is 20.7. The molecular formula is C18H24F3N5O2. The van der Waals surface area contributed by atoms with Crippen LogP contribution in [0.4, 0.5) is 18.9 Å². The van der Waals surface area contributed by atoms with Gasteiger partial charge in [-0.3, -0.25) is 4.68 Å². The van der Waals surface area contributed by atoms with Gasteiger partial charge < -0.3 is 20.1 Å². The van der Waals surface area contributed by atoms with Gasteiger partial charge in [0.2, 0.25) is 0 Å². The number of aromatic nitrogens is 2. The van der Waals surface area contributed by atoms with Crippen molar-refractivity contribution in [1.29, 1.82) is 0 Å². The highest BCUT2D eigenvalue weighted by Gasteiger charge is 2.36. The minimum atomic E-state index is -4.53. The number of aryl methyl sites for hydroxylation is 1. The zero-order valence-corrected chi connectivity index (χ0v) is 16.2. The topological polar surface area (TPSA) is 72.7 Å². The smallest absolute Gasteiger partial charge is 0.435 e. The van der Waals surface area contributed by atoms with Gasteiger partial charge >= 0.3 is 6.18 Å². The third-order valence-corrected chi connectivity index (χ3v) is 3.65. The Morgan fingerprint density at radius 3 is 2.61 bits per heavy atom. The summed E-state index contributed by atoms with van der Waals surface area (Å²) in [4.78, 5) is 4.25. The molecule has 0 atom stereocenters. The lowest BCUT2D eigenvalue weighted by Gasteiger charge is -2.14. The molecular weight excluding hydrogens is 375 g/mol. The molecule has 1 aromatic heterocycles. The van der Waals surface area contributed by atoms with Crippen molar-refractivity contribution in [1.82, 2.24) is 15.1 Å². The van der Waals surface area contributed by atoms with Gasteiger partial charge in [-0.25, -0.2) is 4.99 Å². The number of benzene rings is 1. The van der Waals surface area contributed by atoms with Crippen molar-refractivity contribution in [3.8, 4) is 11.5 Å². The molecule has 7 nitrogen and oxygen atoms in total. The van der Waals surface area contributed by atoms with Crippen LogP contribution in [-0.4, -0.2) is 36.0 Å². The number of alkyl halides is 3. The summed E-state index contributed by atoms with van der Waals surface area (Å²) in [6, 6.07) is 5.24.